The number of piperazine rings is 1. The van der Waals surface area contributed by atoms with Crippen molar-refractivity contribution in [1.29, 1.82) is 0 Å². The molecular formula is C21H25F3N4O5S. The molecule has 1 fully saturated rings. The van der Waals surface area contributed by atoms with Crippen molar-refractivity contribution in [2.24, 2.45) is 0 Å². The minimum Gasteiger partial charge on any atom is -0.475 e. The van der Waals surface area contributed by atoms with E-state index < -0.39 is 22.2 Å². The quantitative estimate of drug-likeness (QED) is 0.574. The van der Waals surface area contributed by atoms with E-state index in [2.05, 4.69) is 14.9 Å². The SMILES string of the molecule is CN(C)C(=O)c1ccc(N2CCNCC2)c(NS(=O)(=O)c2ccccc2)c1.O=C(O)C(F)(F)F. The van der Waals surface area contributed by atoms with Crippen LogP contribution in [0.3, 0.4) is 0 Å². The summed E-state index contributed by atoms with van der Waals surface area (Å²) in [6.07, 6.45) is -5.08. The zero-order chi connectivity index (χ0) is 25.5. The van der Waals surface area contributed by atoms with Crippen molar-refractivity contribution in [3.8, 4) is 0 Å². The van der Waals surface area contributed by atoms with E-state index in [1.165, 1.54) is 4.90 Å². The predicted octanol–water partition coefficient (Wildman–Crippen LogP) is 2.23. The van der Waals surface area contributed by atoms with Gasteiger partial charge in [-0.05, 0) is 30.3 Å². The average Bonchev–Trinajstić information content (AvgIpc) is 2.79. The van der Waals surface area contributed by atoms with Crippen LogP contribution in [-0.2, 0) is 14.8 Å². The molecule has 0 spiro atoms. The molecule has 0 atom stereocenters. The number of hydrogen-bond donors (Lipinski definition) is 3. The highest BCUT2D eigenvalue weighted by Crippen LogP contribution is 2.30. The van der Waals surface area contributed by atoms with Gasteiger partial charge in [-0.2, -0.15) is 13.2 Å². The number of sulfonamides is 1. The van der Waals surface area contributed by atoms with Crippen LogP contribution in [-0.4, -0.2) is 76.8 Å². The van der Waals surface area contributed by atoms with Crippen molar-refractivity contribution in [2.75, 3.05) is 49.9 Å². The van der Waals surface area contributed by atoms with Crippen molar-refractivity contribution >= 4 is 33.3 Å². The maximum absolute atomic E-state index is 12.8. The lowest BCUT2D eigenvalue weighted by Crippen LogP contribution is -2.43. The first-order valence-corrected chi connectivity index (χ1v) is 11.5. The summed E-state index contributed by atoms with van der Waals surface area (Å²) >= 11 is 0. The highest BCUT2D eigenvalue weighted by molar-refractivity contribution is 7.92. The molecule has 0 unspecified atom stereocenters. The fraction of sp³-hybridized carbons (Fsp3) is 0.333. The molecule has 1 saturated heterocycles. The van der Waals surface area contributed by atoms with E-state index >= 15 is 0 Å². The summed E-state index contributed by atoms with van der Waals surface area (Å²) in [6, 6.07) is 13.4. The fourth-order valence-electron chi connectivity index (χ4n) is 2.99. The van der Waals surface area contributed by atoms with Crippen LogP contribution >= 0.6 is 0 Å². The highest BCUT2D eigenvalue weighted by atomic mass is 32.2. The molecule has 13 heteroatoms. The van der Waals surface area contributed by atoms with Gasteiger partial charge in [0.05, 0.1) is 16.3 Å². The van der Waals surface area contributed by atoms with Gasteiger partial charge in [-0.1, -0.05) is 18.2 Å². The third kappa shape index (κ3) is 7.35. The molecule has 1 aliphatic rings. The molecule has 2 aromatic rings. The second-order valence-corrected chi connectivity index (χ2v) is 9.07. The number of aliphatic carboxylic acids is 1. The summed E-state index contributed by atoms with van der Waals surface area (Å²) in [5.41, 5.74) is 1.62. The normalized spacial score (nSPS) is 14.0. The van der Waals surface area contributed by atoms with E-state index in [1.54, 1.807) is 56.6 Å². The number of benzene rings is 2. The lowest BCUT2D eigenvalue weighted by Gasteiger charge is -2.31. The smallest absolute Gasteiger partial charge is 0.475 e. The topological polar surface area (TPSA) is 119 Å². The maximum atomic E-state index is 12.8. The van der Waals surface area contributed by atoms with Crippen LogP contribution in [0.25, 0.3) is 0 Å². The minimum atomic E-state index is -5.08. The van der Waals surface area contributed by atoms with Crippen molar-refractivity contribution < 1.29 is 36.3 Å². The number of nitrogens with one attached hydrogen (secondary N) is 2. The van der Waals surface area contributed by atoms with Crippen molar-refractivity contribution in [1.82, 2.24) is 10.2 Å². The van der Waals surface area contributed by atoms with E-state index in [9.17, 15) is 26.4 Å². The van der Waals surface area contributed by atoms with Gasteiger partial charge in [0.1, 0.15) is 0 Å². The van der Waals surface area contributed by atoms with E-state index in [1.807, 2.05) is 6.07 Å². The van der Waals surface area contributed by atoms with Gasteiger partial charge in [0.25, 0.3) is 15.9 Å². The number of alkyl halides is 3. The first kappa shape index (κ1) is 26.9. The third-order valence-corrected chi connectivity index (χ3v) is 6.03. The first-order valence-electron chi connectivity index (χ1n) is 10.0. The second kappa shape index (κ2) is 11.2. The first-order chi connectivity index (χ1) is 15.8. The highest BCUT2D eigenvalue weighted by Gasteiger charge is 2.38. The van der Waals surface area contributed by atoms with Crippen molar-refractivity contribution in [3.05, 3.63) is 54.1 Å². The number of hydrogen-bond acceptors (Lipinski definition) is 6. The Labute approximate surface area is 195 Å². The molecule has 186 valence electrons. The molecule has 2 aromatic carbocycles. The zero-order valence-electron chi connectivity index (χ0n) is 18.5. The van der Waals surface area contributed by atoms with Gasteiger partial charge in [0.15, 0.2) is 0 Å². The van der Waals surface area contributed by atoms with Crippen LogP contribution in [0.4, 0.5) is 24.5 Å². The molecule has 0 radical (unpaired) electrons. The molecule has 3 rings (SSSR count). The molecule has 9 nitrogen and oxygen atoms in total. The Balaban J connectivity index is 0.000000509. The molecule has 1 aliphatic heterocycles. The molecule has 0 saturated carbocycles. The van der Waals surface area contributed by atoms with Crippen molar-refractivity contribution in [3.63, 3.8) is 0 Å². The van der Waals surface area contributed by atoms with Gasteiger partial charge in [-0.3, -0.25) is 9.52 Å². The van der Waals surface area contributed by atoms with Crippen LogP contribution in [0.2, 0.25) is 0 Å². The number of halogens is 3. The Bertz CT molecular complexity index is 1100. The summed E-state index contributed by atoms with van der Waals surface area (Å²) in [7, 11) is -0.420. The van der Waals surface area contributed by atoms with Gasteiger partial charge >= 0.3 is 12.1 Å². The van der Waals surface area contributed by atoms with Crippen LogP contribution < -0.4 is 14.9 Å². The molecule has 34 heavy (non-hydrogen) atoms. The van der Waals surface area contributed by atoms with Crippen LogP contribution in [0.15, 0.2) is 53.4 Å². The Morgan fingerprint density at radius 1 is 1.06 bits per heavy atom. The van der Waals surface area contributed by atoms with Gasteiger partial charge in [-0.15, -0.1) is 0 Å². The molecule has 0 aliphatic carbocycles. The number of amides is 1. The van der Waals surface area contributed by atoms with Gasteiger partial charge in [0.2, 0.25) is 0 Å². The summed E-state index contributed by atoms with van der Waals surface area (Å²) in [4.78, 5) is 25.0. The second-order valence-electron chi connectivity index (χ2n) is 7.39. The molecule has 1 amide bonds. The number of carboxylic acids is 1. The summed E-state index contributed by atoms with van der Waals surface area (Å²) in [5.74, 6) is -2.94. The molecule has 1 heterocycles. The van der Waals surface area contributed by atoms with Gasteiger partial charge in [0, 0.05) is 45.8 Å². The number of nitrogens with zero attached hydrogens (tertiary/aromatic N) is 2. The maximum Gasteiger partial charge on any atom is 0.490 e. The number of carboxylic acid groups (broad SMARTS) is 1. The number of anilines is 2. The number of carbonyl (C=O) groups excluding carboxylic acids is 1. The van der Waals surface area contributed by atoms with Gasteiger partial charge in [-0.25, -0.2) is 13.2 Å². The van der Waals surface area contributed by atoms with Crippen LogP contribution in [0, 0.1) is 0 Å². The van der Waals surface area contributed by atoms with E-state index in [4.69, 9.17) is 9.90 Å². The molecular weight excluding hydrogens is 477 g/mol. The van der Waals surface area contributed by atoms with E-state index in [0.29, 0.717) is 11.3 Å². The Hall–Kier alpha value is -3.32. The molecule has 3 N–H and O–H groups in total. The monoisotopic (exact) mass is 502 g/mol. The lowest BCUT2D eigenvalue weighted by atomic mass is 10.1. The Morgan fingerprint density at radius 3 is 2.12 bits per heavy atom. The average molecular weight is 503 g/mol. The largest absolute Gasteiger partial charge is 0.490 e. The zero-order valence-corrected chi connectivity index (χ0v) is 19.3. The summed E-state index contributed by atoms with van der Waals surface area (Å²) in [5, 5.41) is 10.4. The van der Waals surface area contributed by atoms with Crippen LogP contribution in [0.1, 0.15) is 10.4 Å². The Kier molecular flexibility index (Phi) is 8.87. The van der Waals surface area contributed by atoms with Crippen molar-refractivity contribution in [2.45, 2.75) is 11.1 Å². The predicted molar refractivity (Wildman–Crippen MR) is 120 cm³/mol. The number of rotatable bonds is 5. The van der Waals surface area contributed by atoms with Gasteiger partial charge < -0.3 is 20.2 Å². The Morgan fingerprint density at radius 2 is 1.62 bits per heavy atom. The molecule has 0 aromatic heterocycles. The summed E-state index contributed by atoms with van der Waals surface area (Å²) < 4.78 is 60.0. The lowest BCUT2D eigenvalue weighted by molar-refractivity contribution is -0.192. The minimum absolute atomic E-state index is 0.179. The standard InChI is InChI=1S/C19H24N4O3S.C2HF3O2/c1-22(2)19(24)15-8-9-18(23-12-10-20-11-13-23)17(14-15)21-27(25,26)16-6-4-3-5-7-16;3-2(4,5)1(6)7/h3-9,14,20-21H,10-13H2,1-2H3;(H,6,7). The van der Waals surface area contributed by atoms with Crippen LogP contribution in [0.5, 0.6) is 0 Å². The van der Waals surface area contributed by atoms with E-state index in [-0.39, 0.29) is 10.8 Å². The summed E-state index contributed by atoms with van der Waals surface area (Å²) in [6.45, 7) is 3.18. The molecule has 0 bridgehead atoms. The fourth-order valence-corrected chi connectivity index (χ4v) is 4.08. The number of carbonyl (C=O) groups is 2. The van der Waals surface area contributed by atoms with E-state index in [0.717, 1.165) is 31.9 Å². The third-order valence-electron chi connectivity index (χ3n) is 4.65.